The lowest BCUT2D eigenvalue weighted by atomic mass is 10.1. The Morgan fingerprint density at radius 3 is 3.11 bits per heavy atom. The van der Waals surface area contributed by atoms with Crippen LogP contribution in [0.4, 0.5) is 10.2 Å². The molecule has 2 heterocycles. The van der Waals surface area contributed by atoms with E-state index in [2.05, 4.69) is 10.3 Å². The van der Waals surface area contributed by atoms with Crippen molar-refractivity contribution in [2.75, 3.05) is 5.73 Å². The smallest absolute Gasteiger partial charge is 0.255 e. The number of nitrogen functional groups attached to an aromatic ring is 1. The number of nitrogens with zero attached hydrogens (tertiary/aromatic N) is 1. The summed E-state index contributed by atoms with van der Waals surface area (Å²) in [5.41, 5.74) is 5.63. The summed E-state index contributed by atoms with van der Waals surface area (Å²) in [4.78, 5) is 16.8. The summed E-state index contributed by atoms with van der Waals surface area (Å²) in [5, 5.41) is 4.77. The van der Waals surface area contributed by atoms with Crippen LogP contribution in [0.15, 0.2) is 29.8 Å². The monoisotopic (exact) mass is 279 g/mol. The molecule has 0 saturated carbocycles. The fraction of sp³-hybridized carbons (Fsp3) is 0.231. The number of hydrogen-bond donors (Lipinski definition) is 2. The molecule has 0 aliphatic rings. The maximum atomic E-state index is 13.1. The lowest BCUT2D eigenvalue weighted by Gasteiger charge is -2.13. The van der Waals surface area contributed by atoms with Crippen molar-refractivity contribution in [2.24, 2.45) is 0 Å². The van der Waals surface area contributed by atoms with Crippen LogP contribution in [0.3, 0.4) is 0 Å². The van der Waals surface area contributed by atoms with Crippen LogP contribution in [0.5, 0.6) is 0 Å². The minimum absolute atomic E-state index is 0.0298. The summed E-state index contributed by atoms with van der Waals surface area (Å²) in [6.45, 7) is 1.89. The maximum Gasteiger partial charge on any atom is 0.255 e. The van der Waals surface area contributed by atoms with Crippen molar-refractivity contribution >= 4 is 23.1 Å². The second-order valence-electron chi connectivity index (χ2n) is 4.24. The quantitative estimate of drug-likeness (QED) is 0.901. The average molecular weight is 279 g/mol. The van der Waals surface area contributed by atoms with E-state index in [1.807, 2.05) is 24.4 Å². The summed E-state index contributed by atoms with van der Waals surface area (Å²) in [6.07, 6.45) is 1.72. The van der Waals surface area contributed by atoms with Crippen LogP contribution in [0, 0.1) is 5.82 Å². The van der Waals surface area contributed by atoms with E-state index in [-0.39, 0.29) is 17.4 Å². The van der Waals surface area contributed by atoms with Gasteiger partial charge in [-0.3, -0.25) is 4.79 Å². The Bertz CT molecular complexity index is 571. The summed E-state index contributed by atoms with van der Waals surface area (Å²) in [5.74, 6) is -0.957. The van der Waals surface area contributed by atoms with Crippen molar-refractivity contribution < 1.29 is 9.18 Å². The van der Waals surface area contributed by atoms with Crippen molar-refractivity contribution in [3.63, 3.8) is 0 Å². The molecular weight excluding hydrogens is 265 g/mol. The van der Waals surface area contributed by atoms with Gasteiger partial charge < -0.3 is 11.1 Å². The van der Waals surface area contributed by atoms with E-state index in [0.717, 1.165) is 18.7 Å². The Morgan fingerprint density at radius 1 is 1.63 bits per heavy atom. The zero-order chi connectivity index (χ0) is 13.8. The number of aromatic nitrogens is 1. The van der Waals surface area contributed by atoms with Gasteiger partial charge in [-0.05, 0) is 24.4 Å². The van der Waals surface area contributed by atoms with E-state index in [1.165, 1.54) is 4.88 Å². The fourth-order valence-electron chi connectivity index (χ4n) is 1.71. The van der Waals surface area contributed by atoms with Gasteiger partial charge in [0.25, 0.3) is 5.91 Å². The molecule has 2 rings (SSSR count). The second-order valence-corrected chi connectivity index (χ2v) is 5.28. The molecule has 0 bridgehead atoms. The molecule has 2 aromatic rings. The van der Waals surface area contributed by atoms with Crippen LogP contribution in [0.1, 0.15) is 22.2 Å². The first-order chi connectivity index (χ1) is 9.06. The summed E-state index contributed by atoms with van der Waals surface area (Å²) in [6, 6.07) is 5.00. The number of nitrogens with one attached hydrogen (secondary N) is 1. The number of amides is 1. The molecular formula is C13H14FN3OS. The van der Waals surface area contributed by atoms with Gasteiger partial charge >= 0.3 is 0 Å². The topological polar surface area (TPSA) is 68.0 Å². The molecule has 6 heteroatoms. The standard InChI is InChI=1S/C13H14FN3OS/c1-8(5-10-3-2-4-19-10)17-13(18)11-6-9(14)7-16-12(11)15/h2-4,6-8H,5H2,1H3,(H2,15,16)(H,17,18). The highest BCUT2D eigenvalue weighted by atomic mass is 32.1. The van der Waals surface area contributed by atoms with Crippen molar-refractivity contribution in [3.8, 4) is 0 Å². The molecule has 1 unspecified atom stereocenters. The van der Waals surface area contributed by atoms with E-state index in [1.54, 1.807) is 11.3 Å². The number of rotatable bonds is 4. The first-order valence-corrected chi connectivity index (χ1v) is 6.68. The number of carbonyl (C=O) groups is 1. The highest BCUT2D eigenvalue weighted by molar-refractivity contribution is 7.09. The van der Waals surface area contributed by atoms with Gasteiger partial charge in [-0.1, -0.05) is 6.07 Å². The molecule has 0 saturated heterocycles. The number of thiophene rings is 1. The van der Waals surface area contributed by atoms with Crippen molar-refractivity contribution in [1.29, 1.82) is 0 Å². The lowest BCUT2D eigenvalue weighted by Crippen LogP contribution is -2.34. The van der Waals surface area contributed by atoms with Crippen molar-refractivity contribution in [2.45, 2.75) is 19.4 Å². The maximum absolute atomic E-state index is 13.1. The Balaban J connectivity index is 2.02. The van der Waals surface area contributed by atoms with Crippen LogP contribution in [-0.2, 0) is 6.42 Å². The van der Waals surface area contributed by atoms with Crippen molar-refractivity contribution in [1.82, 2.24) is 10.3 Å². The summed E-state index contributed by atoms with van der Waals surface area (Å²) in [7, 11) is 0. The third-order valence-electron chi connectivity index (χ3n) is 2.59. The van der Waals surface area contributed by atoms with Gasteiger partial charge in [0.05, 0.1) is 11.8 Å². The van der Waals surface area contributed by atoms with Crippen LogP contribution >= 0.6 is 11.3 Å². The van der Waals surface area contributed by atoms with Gasteiger partial charge in [0, 0.05) is 17.3 Å². The number of anilines is 1. The highest BCUT2D eigenvalue weighted by Crippen LogP contribution is 2.13. The van der Waals surface area contributed by atoms with E-state index in [4.69, 9.17) is 5.73 Å². The third kappa shape index (κ3) is 3.51. The molecule has 19 heavy (non-hydrogen) atoms. The average Bonchev–Trinajstić information content (AvgIpc) is 2.84. The molecule has 0 aliphatic heterocycles. The van der Waals surface area contributed by atoms with Gasteiger partial charge in [-0.25, -0.2) is 9.37 Å². The van der Waals surface area contributed by atoms with Gasteiger partial charge in [0.2, 0.25) is 0 Å². The van der Waals surface area contributed by atoms with Crippen LogP contribution < -0.4 is 11.1 Å². The summed E-state index contributed by atoms with van der Waals surface area (Å²) >= 11 is 1.63. The fourth-order valence-corrected chi connectivity index (χ4v) is 2.55. The van der Waals surface area contributed by atoms with E-state index in [0.29, 0.717) is 0 Å². The number of hydrogen-bond acceptors (Lipinski definition) is 4. The Kier molecular flexibility index (Phi) is 4.11. The van der Waals surface area contributed by atoms with Crippen LogP contribution in [0.25, 0.3) is 0 Å². The molecule has 1 atom stereocenters. The molecule has 0 aliphatic carbocycles. The predicted molar refractivity (Wildman–Crippen MR) is 73.6 cm³/mol. The number of carbonyl (C=O) groups excluding carboxylic acids is 1. The normalized spacial score (nSPS) is 12.1. The molecule has 100 valence electrons. The largest absolute Gasteiger partial charge is 0.383 e. The SMILES string of the molecule is CC(Cc1cccs1)NC(=O)c1cc(F)cnc1N. The highest BCUT2D eigenvalue weighted by Gasteiger charge is 2.15. The Hall–Kier alpha value is -1.95. The van der Waals surface area contributed by atoms with Gasteiger partial charge in [0.1, 0.15) is 11.6 Å². The predicted octanol–water partition coefficient (Wildman–Crippen LogP) is 2.23. The van der Waals surface area contributed by atoms with Gasteiger partial charge in [-0.15, -0.1) is 11.3 Å². The van der Waals surface area contributed by atoms with E-state index >= 15 is 0 Å². The van der Waals surface area contributed by atoms with E-state index < -0.39 is 11.7 Å². The number of nitrogens with two attached hydrogens (primary N) is 1. The third-order valence-corrected chi connectivity index (χ3v) is 3.49. The molecule has 2 aromatic heterocycles. The molecule has 0 radical (unpaired) electrons. The van der Waals surface area contributed by atoms with Crippen molar-refractivity contribution in [3.05, 3.63) is 46.0 Å². The zero-order valence-corrected chi connectivity index (χ0v) is 11.2. The molecule has 0 spiro atoms. The Morgan fingerprint density at radius 2 is 2.42 bits per heavy atom. The lowest BCUT2D eigenvalue weighted by molar-refractivity contribution is 0.0940. The van der Waals surface area contributed by atoms with Gasteiger partial charge in [0.15, 0.2) is 0 Å². The zero-order valence-electron chi connectivity index (χ0n) is 10.4. The van der Waals surface area contributed by atoms with Crippen LogP contribution in [0.2, 0.25) is 0 Å². The van der Waals surface area contributed by atoms with E-state index in [9.17, 15) is 9.18 Å². The molecule has 0 fully saturated rings. The van der Waals surface area contributed by atoms with Gasteiger partial charge in [-0.2, -0.15) is 0 Å². The molecule has 1 amide bonds. The Labute approximate surface area is 114 Å². The summed E-state index contributed by atoms with van der Waals surface area (Å²) < 4.78 is 13.1. The number of pyridine rings is 1. The minimum atomic E-state index is -0.578. The molecule has 4 nitrogen and oxygen atoms in total. The first-order valence-electron chi connectivity index (χ1n) is 5.80. The second kappa shape index (κ2) is 5.79. The number of halogens is 1. The minimum Gasteiger partial charge on any atom is -0.383 e. The van der Waals surface area contributed by atoms with Crippen LogP contribution in [-0.4, -0.2) is 16.9 Å². The molecule has 0 aromatic carbocycles. The first kappa shape index (κ1) is 13.5. The molecule has 3 N–H and O–H groups in total.